The van der Waals surface area contributed by atoms with Crippen LogP contribution in [0.4, 0.5) is 15.6 Å². The highest BCUT2D eigenvalue weighted by Gasteiger charge is 2.26. The van der Waals surface area contributed by atoms with Crippen LogP contribution in [0.3, 0.4) is 0 Å². The summed E-state index contributed by atoms with van der Waals surface area (Å²) in [6.07, 6.45) is 5.07. The number of nitrogens with one attached hydrogen (secondary N) is 2. The number of hydrogen-bond donors (Lipinski definition) is 3. The van der Waals surface area contributed by atoms with Crippen LogP contribution in [0.25, 0.3) is 0 Å². The summed E-state index contributed by atoms with van der Waals surface area (Å²) >= 11 is 0.864. The number of carboxylic acid groups (broad SMARTS) is 1. The second kappa shape index (κ2) is 7.65. The van der Waals surface area contributed by atoms with Crippen LogP contribution >= 0.6 is 11.3 Å². The third-order valence-corrected chi connectivity index (χ3v) is 5.25. The first-order chi connectivity index (χ1) is 12.4. The van der Waals surface area contributed by atoms with Gasteiger partial charge in [0.05, 0.1) is 11.9 Å². The number of ketones is 1. The van der Waals surface area contributed by atoms with Crippen molar-refractivity contribution in [1.29, 1.82) is 0 Å². The molecular formula is C18H19N3O4S. The molecule has 2 aromatic rings. The van der Waals surface area contributed by atoms with Gasteiger partial charge in [0.25, 0.3) is 0 Å². The summed E-state index contributed by atoms with van der Waals surface area (Å²) in [6, 6.07) is 4.76. The summed E-state index contributed by atoms with van der Waals surface area (Å²) in [5.74, 6) is -1.03. The standard InChI is InChI=1S/C18H19N3O4S/c1-10-6-7-13(12(8-10)15(22)11-4-2-3-5-11)20-17(25)21-18-19-9-14(26-18)16(23)24/h6-9,11H,2-5H2,1H3,(H,23,24)(H2,19,20,21,25). The highest BCUT2D eigenvalue weighted by Crippen LogP contribution is 2.31. The van der Waals surface area contributed by atoms with Crippen LogP contribution in [0.15, 0.2) is 24.4 Å². The first-order valence-electron chi connectivity index (χ1n) is 8.36. The van der Waals surface area contributed by atoms with E-state index >= 15 is 0 Å². The number of anilines is 2. The van der Waals surface area contributed by atoms with Gasteiger partial charge in [0.2, 0.25) is 0 Å². The summed E-state index contributed by atoms with van der Waals surface area (Å²) in [5.41, 5.74) is 1.90. The lowest BCUT2D eigenvalue weighted by Gasteiger charge is -2.14. The number of carboxylic acids is 1. The van der Waals surface area contributed by atoms with Crippen LogP contribution in [0, 0.1) is 12.8 Å². The number of benzene rings is 1. The van der Waals surface area contributed by atoms with E-state index in [9.17, 15) is 14.4 Å². The fourth-order valence-electron chi connectivity index (χ4n) is 3.06. The summed E-state index contributed by atoms with van der Waals surface area (Å²) in [5, 5.41) is 14.3. The second-order valence-electron chi connectivity index (χ2n) is 6.31. The van der Waals surface area contributed by atoms with Gasteiger partial charge in [-0.1, -0.05) is 35.8 Å². The fourth-order valence-corrected chi connectivity index (χ4v) is 3.71. The van der Waals surface area contributed by atoms with Crippen molar-refractivity contribution in [3.8, 4) is 0 Å². The third kappa shape index (κ3) is 4.08. The molecule has 0 radical (unpaired) electrons. The Balaban J connectivity index is 1.74. The normalized spacial score (nSPS) is 14.2. The van der Waals surface area contributed by atoms with Crippen molar-refractivity contribution in [2.45, 2.75) is 32.6 Å². The molecule has 0 spiro atoms. The molecule has 3 rings (SSSR count). The molecule has 1 aromatic heterocycles. The van der Waals surface area contributed by atoms with Gasteiger partial charge < -0.3 is 10.4 Å². The number of hydrogen-bond acceptors (Lipinski definition) is 5. The van der Waals surface area contributed by atoms with Crippen LogP contribution in [-0.2, 0) is 0 Å². The van der Waals surface area contributed by atoms with E-state index in [2.05, 4.69) is 15.6 Å². The largest absolute Gasteiger partial charge is 0.477 e. The number of rotatable bonds is 5. The number of amides is 2. The minimum atomic E-state index is -1.10. The molecule has 26 heavy (non-hydrogen) atoms. The minimum absolute atomic E-state index is 0.0116. The summed E-state index contributed by atoms with van der Waals surface area (Å²) in [6.45, 7) is 1.90. The number of urea groups is 1. The molecule has 1 aliphatic carbocycles. The van der Waals surface area contributed by atoms with Gasteiger partial charge in [-0.2, -0.15) is 0 Å². The summed E-state index contributed by atoms with van der Waals surface area (Å²) in [4.78, 5) is 39.8. The Hall–Kier alpha value is -2.74. The number of thiazole rings is 1. The van der Waals surface area contributed by atoms with Crippen molar-refractivity contribution in [1.82, 2.24) is 4.98 Å². The van der Waals surface area contributed by atoms with Gasteiger partial charge >= 0.3 is 12.0 Å². The SMILES string of the molecule is Cc1ccc(NC(=O)Nc2ncc(C(=O)O)s2)c(C(=O)C2CCCC2)c1. The molecule has 0 atom stereocenters. The predicted octanol–water partition coefficient (Wildman–Crippen LogP) is 4.17. The number of aromatic carboxylic acids is 1. The quantitative estimate of drug-likeness (QED) is 0.682. The molecule has 1 fully saturated rings. The average Bonchev–Trinajstić information content (AvgIpc) is 3.27. The van der Waals surface area contributed by atoms with Crippen molar-refractivity contribution >= 4 is 39.9 Å². The molecule has 0 unspecified atom stereocenters. The van der Waals surface area contributed by atoms with Gasteiger partial charge in [0, 0.05) is 11.5 Å². The first kappa shape index (κ1) is 18.1. The Morgan fingerprint density at radius 1 is 1.19 bits per heavy atom. The van der Waals surface area contributed by atoms with Gasteiger partial charge in [-0.3, -0.25) is 10.1 Å². The Labute approximate surface area is 154 Å². The molecular weight excluding hydrogens is 354 g/mol. The van der Waals surface area contributed by atoms with Crippen LogP contribution in [0.2, 0.25) is 0 Å². The first-order valence-corrected chi connectivity index (χ1v) is 9.17. The lowest BCUT2D eigenvalue weighted by atomic mass is 9.94. The summed E-state index contributed by atoms with van der Waals surface area (Å²) in [7, 11) is 0. The van der Waals surface area contributed by atoms with Crippen molar-refractivity contribution in [3.63, 3.8) is 0 Å². The smallest absolute Gasteiger partial charge is 0.347 e. The number of carbonyl (C=O) groups is 3. The fraction of sp³-hybridized carbons (Fsp3) is 0.333. The van der Waals surface area contributed by atoms with E-state index in [1.54, 1.807) is 12.1 Å². The number of nitrogens with zero attached hydrogens (tertiary/aromatic N) is 1. The van der Waals surface area contributed by atoms with E-state index in [1.165, 1.54) is 6.20 Å². The van der Waals surface area contributed by atoms with Crippen molar-refractivity contribution in [3.05, 3.63) is 40.4 Å². The van der Waals surface area contributed by atoms with E-state index in [0.717, 1.165) is 42.6 Å². The number of Topliss-reactive ketones (excluding diaryl/α,β-unsaturated/α-hetero) is 1. The van der Waals surface area contributed by atoms with Gasteiger partial charge in [-0.15, -0.1) is 0 Å². The highest BCUT2D eigenvalue weighted by molar-refractivity contribution is 7.17. The van der Waals surface area contributed by atoms with Crippen LogP contribution in [0.1, 0.15) is 51.3 Å². The monoisotopic (exact) mass is 373 g/mol. The van der Waals surface area contributed by atoms with Crippen LogP contribution in [-0.4, -0.2) is 27.9 Å². The number of aryl methyl sites for hydroxylation is 1. The summed E-state index contributed by atoms with van der Waals surface area (Å²) < 4.78 is 0. The zero-order valence-corrected chi connectivity index (χ0v) is 15.1. The average molecular weight is 373 g/mol. The van der Waals surface area contributed by atoms with E-state index in [0.29, 0.717) is 11.3 Å². The van der Waals surface area contributed by atoms with Crippen molar-refractivity contribution in [2.24, 2.45) is 5.92 Å². The van der Waals surface area contributed by atoms with Gasteiger partial charge in [0.1, 0.15) is 4.88 Å². The molecule has 1 aromatic carbocycles. The van der Waals surface area contributed by atoms with Gasteiger partial charge in [0.15, 0.2) is 10.9 Å². The topological polar surface area (TPSA) is 108 Å². The highest BCUT2D eigenvalue weighted by atomic mass is 32.1. The second-order valence-corrected chi connectivity index (χ2v) is 7.34. The Morgan fingerprint density at radius 3 is 2.58 bits per heavy atom. The molecule has 0 saturated heterocycles. The molecule has 0 bridgehead atoms. The molecule has 7 nitrogen and oxygen atoms in total. The molecule has 8 heteroatoms. The lowest BCUT2D eigenvalue weighted by Crippen LogP contribution is -2.22. The van der Waals surface area contributed by atoms with Crippen molar-refractivity contribution in [2.75, 3.05) is 10.6 Å². The Morgan fingerprint density at radius 2 is 1.92 bits per heavy atom. The Kier molecular flexibility index (Phi) is 5.32. The zero-order chi connectivity index (χ0) is 18.7. The van der Waals surface area contributed by atoms with E-state index in [1.807, 2.05) is 13.0 Å². The molecule has 0 aliphatic heterocycles. The third-order valence-electron chi connectivity index (χ3n) is 4.35. The maximum absolute atomic E-state index is 12.8. The number of carbonyl (C=O) groups excluding carboxylic acids is 2. The molecule has 2 amide bonds. The van der Waals surface area contributed by atoms with Crippen LogP contribution < -0.4 is 10.6 Å². The van der Waals surface area contributed by atoms with E-state index in [-0.39, 0.29) is 21.7 Å². The lowest BCUT2D eigenvalue weighted by molar-refractivity contribution is 0.0701. The Bertz CT molecular complexity index is 856. The van der Waals surface area contributed by atoms with Gasteiger partial charge in [-0.25, -0.2) is 14.6 Å². The maximum Gasteiger partial charge on any atom is 0.347 e. The number of aromatic nitrogens is 1. The van der Waals surface area contributed by atoms with Crippen molar-refractivity contribution < 1.29 is 19.5 Å². The van der Waals surface area contributed by atoms with Crippen LogP contribution in [0.5, 0.6) is 0 Å². The predicted molar refractivity (Wildman–Crippen MR) is 99.2 cm³/mol. The molecule has 1 heterocycles. The zero-order valence-electron chi connectivity index (χ0n) is 14.2. The van der Waals surface area contributed by atoms with E-state index in [4.69, 9.17) is 5.11 Å². The van der Waals surface area contributed by atoms with E-state index < -0.39 is 12.0 Å². The van der Waals surface area contributed by atoms with Gasteiger partial charge in [-0.05, 0) is 31.9 Å². The minimum Gasteiger partial charge on any atom is -0.477 e. The molecule has 136 valence electrons. The molecule has 1 saturated carbocycles. The molecule has 3 N–H and O–H groups in total. The molecule has 1 aliphatic rings. The maximum atomic E-state index is 12.8.